The van der Waals surface area contributed by atoms with Crippen molar-refractivity contribution in [3.05, 3.63) is 29.3 Å². The van der Waals surface area contributed by atoms with Crippen molar-refractivity contribution in [2.45, 2.75) is 70.2 Å². The molecule has 4 N–H and O–H groups in total. The molecule has 30 heavy (non-hydrogen) atoms. The van der Waals surface area contributed by atoms with Crippen LogP contribution in [0.2, 0.25) is 0 Å². The number of aliphatic hydroxyl groups is 4. The summed E-state index contributed by atoms with van der Waals surface area (Å²) in [4.78, 5) is 12.2. The number of para-hydroxylation sites is 1. The van der Waals surface area contributed by atoms with Crippen LogP contribution >= 0.6 is 0 Å². The van der Waals surface area contributed by atoms with Gasteiger partial charge in [-0.05, 0) is 23.0 Å². The molecule has 9 nitrogen and oxygen atoms in total. The lowest BCUT2D eigenvalue weighted by atomic mass is 9.94. The van der Waals surface area contributed by atoms with E-state index in [-0.39, 0.29) is 25.0 Å². The Balaban J connectivity index is 1.89. The Bertz CT molecular complexity index is 663. The molecule has 0 aromatic heterocycles. The van der Waals surface area contributed by atoms with Gasteiger partial charge in [-0.25, -0.2) is 4.79 Å². The van der Waals surface area contributed by atoms with E-state index in [1.807, 2.05) is 45.9 Å². The summed E-state index contributed by atoms with van der Waals surface area (Å²) in [5, 5.41) is 38.6. The zero-order valence-electron chi connectivity index (χ0n) is 17.7. The van der Waals surface area contributed by atoms with Crippen molar-refractivity contribution in [1.82, 2.24) is 0 Å². The van der Waals surface area contributed by atoms with Gasteiger partial charge in [0.2, 0.25) is 0 Å². The Labute approximate surface area is 176 Å². The van der Waals surface area contributed by atoms with Gasteiger partial charge in [-0.15, -0.1) is 0 Å². The Morgan fingerprint density at radius 2 is 1.60 bits per heavy atom. The molecule has 0 radical (unpaired) electrons. The van der Waals surface area contributed by atoms with E-state index in [4.69, 9.17) is 18.9 Å². The molecule has 1 aliphatic rings. The van der Waals surface area contributed by atoms with Gasteiger partial charge in [0, 0.05) is 0 Å². The van der Waals surface area contributed by atoms with Gasteiger partial charge in [-0.3, -0.25) is 0 Å². The number of carbonyl (C=O) groups excluding carboxylic acids is 1. The highest BCUT2D eigenvalue weighted by atomic mass is 16.7. The van der Waals surface area contributed by atoms with E-state index in [0.717, 1.165) is 11.1 Å². The van der Waals surface area contributed by atoms with Gasteiger partial charge in [0.1, 0.15) is 36.8 Å². The standard InChI is InChI=1S/C21H32O9/c1-11(2)13-6-5-7-14(12(3)4)19(13)30-21(26)28-9-8-27-20-18(25)17(24)16(23)15(10-22)29-20/h5-7,11-12,15-18,20,22-25H,8-10H2,1-4H3/t15-,16-,17+,18-,20+/m1/s1. The van der Waals surface area contributed by atoms with E-state index in [1.54, 1.807) is 0 Å². The number of carbonyl (C=O) groups is 1. The summed E-state index contributed by atoms with van der Waals surface area (Å²) < 4.78 is 21.0. The highest BCUT2D eigenvalue weighted by Gasteiger charge is 2.43. The molecule has 0 amide bonds. The quantitative estimate of drug-likeness (QED) is 0.274. The van der Waals surface area contributed by atoms with Crippen LogP contribution in [0.4, 0.5) is 4.79 Å². The maximum atomic E-state index is 12.2. The summed E-state index contributed by atoms with van der Waals surface area (Å²) in [5.74, 6) is 0.796. The number of rotatable bonds is 8. The van der Waals surface area contributed by atoms with Crippen molar-refractivity contribution in [1.29, 1.82) is 0 Å². The lowest BCUT2D eigenvalue weighted by molar-refractivity contribution is -0.302. The van der Waals surface area contributed by atoms with Crippen molar-refractivity contribution < 1.29 is 44.2 Å². The minimum Gasteiger partial charge on any atom is -0.432 e. The molecule has 1 heterocycles. The SMILES string of the molecule is CC(C)c1cccc(C(C)C)c1OC(=O)OCCO[C@H]1O[C@H](CO)[C@@H](O)[C@H](O)[C@H]1O. The zero-order chi connectivity index (χ0) is 22.4. The molecule has 1 fully saturated rings. The molecule has 0 aliphatic carbocycles. The second kappa shape index (κ2) is 11.0. The lowest BCUT2D eigenvalue weighted by Gasteiger charge is -2.39. The molecule has 170 valence electrons. The minimum absolute atomic E-state index is 0.152. The molecule has 0 spiro atoms. The van der Waals surface area contributed by atoms with Crippen LogP contribution in [-0.2, 0) is 14.2 Å². The average molecular weight is 428 g/mol. The molecule has 9 heteroatoms. The van der Waals surface area contributed by atoms with Crippen LogP contribution in [0.15, 0.2) is 18.2 Å². The van der Waals surface area contributed by atoms with E-state index >= 15 is 0 Å². The molecule has 1 aromatic rings. The Kier molecular flexibility index (Phi) is 9.02. The van der Waals surface area contributed by atoms with E-state index in [1.165, 1.54) is 0 Å². The van der Waals surface area contributed by atoms with Crippen LogP contribution in [0.3, 0.4) is 0 Å². The first-order valence-electron chi connectivity index (χ1n) is 10.1. The van der Waals surface area contributed by atoms with Gasteiger partial charge in [0.25, 0.3) is 0 Å². The summed E-state index contributed by atoms with van der Waals surface area (Å²) in [6.45, 7) is 7.13. The van der Waals surface area contributed by atoms with Gasteiger partial charge in [0.15, 0.2) is 6.29 Å². The highest BCUT2D eigenvalue weighted by molar-refractivity contribution is 5.66. The van der Waals surface area contributed by atoms with Crippen molar-refractivity contribution >= 4 is 6.16 Å². The van der Waals surface area contributed by atoms with Crippen LogP contribution < -0.4 is 4.74 Å². The summed E-state index contributed by atoms with van der Waals surface area (Å²) in [5.41, 5.74) is 1.80. The fourth-order valence-electron chi connectivity index (χ4n) is 3.21. The highest BCUT2D eigenvalue weighted by Crippen LogP contribution is 2.34. The molecular weight excluding hydrogens is 396 g/mol. The first kappa shape index (κ1) is 24.5. The molecule has 0 saturated carbocycles. The third kappa shape index (κ3) is 5.90. The van der Waals surface area contributed by atoms with Gasteiger partial charge in [-0.1, -0.05) is 45.9 Å². The minimum atomic E-state index is -1.53. The third-order valence-electron chi connectivity index (χ3n) is 4.94. The predicted octanol–water partition coefficient (Wildman–Crippen LogP) is 1.27. The van der Waals surface area contributed by atoms with Crippen molar-refractivity contribution in [2.24, 2.45) is 0 Å². The molecule has 1 aromatic carbocycles. The second-order valence-corrected chi connectivity index (χ2v) is 7.84. The predicted molar refractivity (Wildman–Crippen MR) is 106 cm³/mol. The largest absolute Gasteiger partial charge is 0.513 e. The Morgan fingerprint density at radius 3 is 2.13 bits per heavy atom. The van der Waals surface area contributed by atoms with Crippen LogP contribution in [-0.4, -0.2) is 77.1 Å². The molecule has 1 saturated heterocycles. The Hall–Kier alpha value is -1.75. The molecular formula is C21H32O9. The van der Waals surface area contributed by atoms with E-state index in [9.17, 15) is 25.2 Å². The Morgan fingerprint density at radius 1 is 1.00 bits per heavy atom. The van der Waals surface area contributed by atoms with Gasteiger partial charge in [-0.2, -0.15) is 0 Å². The number of hydrogen-bond acceptors (Lipinski definition) is 9. The summed E-state index contributed by atoms with van der Waals surface area (Å²) in [6.07, 6.45) is -7.75. The molecule has 0 bridgehead atoms. The van der Waals surface area contributed by atoms with Crippen LogP contribution in [0, 0.1) is 0 Å². The average Bonchev–Trinajstić information content (AvgIpc) is 2.70. The topological polar surface area (TPSA) is 135 Å². The first-order valence-corrected chi connectivity index (χ1v) is 10.1. The zero-order valence-corrected chi connectivity index (χ0v) is 17.7. The van der Waals surface area contributed by atoms with Crippen molar-refractivity contribution in [3.63, 3.8) is 0 Å². The number of benzene rings is 1. The molecule has 2 rings (SSSR count). The van der Waals surface area contributed by atoms with Gasteiger partial charge < -0.3 is 39.4 Å². The van der Waals surface area contributed by atoms with Crippen LogP contribution in [0.1, 0.15) is 50.7 Å². The fraction of sp³-hybridized carbons (Fsp3) is 0.667. The second-order valence-electron chi connectivity index (χ2n) is 7.84. The lowest BCUT2D eigenvalue weighted by Crippen LogP contribution is -2.59. The smallest absolute Gasteiger partial charge is 0.432 e. The summed E-state index contributed by atoms with van der Waals surface area (Å²) in [7, 11) is 0. The summed E-state index contributed by atoms with van der Waals surface area (Å²) in [6, 6.07) is 5.74. The van der Waals surface area contributed by atoms with E-state index in [2.05, 4.69) is 0 Å². The van der Waals surface area contributed by atoms with E-state index < -0.39 is 43.5 Å². The third-order valence-corrected chi connectivity index (χ3v) is 4.94. The number of ether oxygens (including phenoxy) is 4. The van der Waals surface area contributed by atoms with Gasteiger partial charge in [0.05, 0.1) is 13.2 Å². The molecule has 5 atom stereocenters. The molecule has 1 aliphatic heterocycles. The van der Waals surface area contributed by atoms with Crippen LogP contribution in [0.5, 0.6) is 5.75 Å². The van der Waals surface area contributed by atoms with E-state index in [0.29, 0.717) is 5.75 Å². The van der Waals surface area contributed by atoms with Gasteiger partial charge >= 0.3 is 6.16 Å². The number of hydrogen-bond donors (Lipinski definition) is 4. The maximum absolute atomic E-state index is 12.2. The van der Waals surface area contributed by atoms with Crippen molar-refractivity contribution in [2.75, 3.05) is 19.8 Å². The maximum Gasteiger partial charge on any atom is 0.513 e. The van der Waals surface area contributed by atoms with Crippen LogP contribution in [0.25, 0.3) is 0 Å². The first-order chi connectivity index (χ1) is 14.2. The summed E-state index contributed by atoms with van der Waals surface area (Å²) >= 11 is 0. The molecule has 0 unspecified atom stereocenters. The normalized spacial score (nSPS) is 26.8. The monoisotopic (exact) mass is 428 g/mol. The fourth-order valence-corrected chi connectivity index (χ4v) is 3.21. The van der Waals surface area contributed by atoms with Crippen molar-refractivity contribution in [3.8, 4) is 5.75 Å². The number of aliphatic hydroxyl groups excluding tert-OH is 4.